The second-order valence-electron chi connectivity index (χ2n) is 4.36. The topological polar surface area (TPSA) is 75.8 Å². The van der Waals surface area contributed by atoms with Gasteiger partial charge in [0.25, 0.3) is 0 Å². The Morgan fingerprint density at radius 3 is 1.76 bits per heavy atom. The van der Waals surface area contributed by atoms with Crippen LogP contribution < -0.4 is 11.5 Å². The minimum atomic E-state index is 0.571. The van der Waals surface area contributed by atoms with Crippen LogP contribution in [-0.4, -0.2) is 6.54 Å². The normalized spacial score (nSPS) is 9.10. The summed E-state index contributed by atoms with van der Waals surface area (Å²) in [4.78, 5) is 0. The van der Waals surface area contributed by atoms with Crippen molar-refractivity contribution in [2.45, 2.75) is 53.9 Å². The Kier molecular flexibility index (Phi) is 21.0. The van der Waals surface area contributed by atoms with Crippen LogP contribution >= 0.6 is 0 Å². The van der Waals surface area contributed by atoms with E-state index in [4.69, 9.17) is 16.7 Å². The average molecular weight is 291 g/mol. The van der Waals surface area contributed by atoms with Crippen LogP contribution in [0, 0.1) is 11.3 Å². The number of rotatable bonds is 6. The molecule has 4 N–H and O–H groups in total. The molecular formula is C18H33N3. The molecule has 3 heteroatoms. The fourth-order valence-corrected chi connectivity index (χ4v) is 1.39. The minimum absolute atomic E-state index is 0.571. The number of allylic oxidation sites excluding steroid dienone is 4. The van der Waals surface area contributed by atoms with E-state index in [0.29, 0.717) is 6.54 Å². The van der Waals surface area contributed by atoms with Gasteiger partial charge in [-0.2, -0.15) is 5.26 Å². The molecule has 21 heavy (non-hydrogen) atoms. The lowest BCUT2D eigenvalue weighted by molar-refractivity contribution is 0.955. The van der Waals surface area contributed by atoms with Gasteiger partial charge in [0.15, 0.2) is 0 Å². The Morgan fingerprint density at radius 2 is 1.57 bits per heavy atom. The maximum absolute atomic E-state index is 7.32. The van der Waals surface area contributed by atoms with E-state index in [2.05, 4.69) is 40.0 Å². The molecule has 0 radical (unpaired) electrons. The first kappa shape index (κ1) is 24.2. The Morgan fingerprint density at radius 1 is 1.19 bits per heavy atom. The molecule has 0 spiro atoms. The summed E-state index contributed by atoms with van der Waals surface area (Å²) in [6.45, 7) is 17.7. The first-order valence-corrected chi connectivity index (χ1v) is 7.33. The summed E-state index contributed by atoms with van der Waals surface area (Å²) >= 11 is 0. The number of nitrogens with two attached hydrogens (primary N) is 2. The first-order chi connectivity index (χ1) is 9.87. The molecule has 0 aromatic rings. The fourth-order valence-electron chi connectivity index (χ4n) is 1.39. The van der Waals surface area contributed by atoms with Gasteiger partial charge in [-0.25, -0.2) is 0 Å². The van der Waals surface area contributed by atoms with Crippen molar-refractivity contribution in [2.24, 2.45) is 11.5 Å². The van der Waals surface area contributed by atoms with Crippen molar-refractivity contribution in [3.8, 4) is 6.07 Å². The summed E-state index contributed by atoms with van der Waals surface area (Å²) in [5, 5.41) is 7.32. The number of nitriles is 1. The van der Waals surface area contributed by atoms with Crippen molar-refractivity contribution in [3.63, 3.8) is 0 Å². The summed E-state index contributed by atoms with van der Waals surface area (Å²) in [6, 6.07) is 1.75. The zero-order valence-electron chi connectivity index (χ0n) is 14.5. The summed E-state index contributed by atoms with van der Waals surface area (Å²) < 4.78 is 0. The molecule has 3 nitrogen and oxygen atoms in total. The van der Waals surface area contributed by atoms with Crippen molar-refractivity contribution >= 4 is 0 Å². The van der Waals surface area contributed by atoms with Crippen LogP contribution in [-0.2, 0) is 0 Å². The van der Waals surface area contributed by atoms with Crippen LogP contribution in [0.2, 0.25) is 0 Å². The number of hydrogen-bond acceptors (Lipinski definition) is 3. The monoisotopic (exact) mass is 291 g/mol. The molecule has 0 rings (SSSR count). The zero-order chi connectivity index (χ0) is 17.3. The van der Waals surface area contributed by atoms with E-state index in [1.165, 1.54) is 18.1 Å². The highest BCUT2D eigenvalue weighted by atomic mass is 14.5. The van der Waals surface area contributed by atoms with E-state index in [0.717, 1.165) is 30.5 Å². The Labute approximate surface area is 131 Å². The number of nitrogens with zero attached hydrogens (tertiary/aromatic N) is 1. The quantitative estimate of drug-likeness (QED) is 0.702. The van der Waals surface area contributed by atoms with Gasteiger partial charge < -0.3 is 11.5 Å². The van der Waals surface area contributed by atoms with Crippen molar-refractivity contribution in [1.82, 2.24) is 0 Å². The van der Waals surface area contributed by atoms with Gasteiger partial charge in [0.05, 0.1) is 6.07 Å². The third-order valence-corrected chi connectivity index (χ3v) is 2.77. The van der Waals surface area contributed by atoms with Crippen molar-refractivity contribution < 1.29 is 0 Å². The van der Waals surface area contributed by atoms with Crippen LogP contribution in [0.15, 0.2) is 47.7 Å². The lowest BCUT2D eigenvalue weighted by atomic mass is 10.0. The molecule has 0 saturated heterocycles. The van der Waals surface area contributed by atoms with Crippen LogP contribution in [0.5, 0.6) is 0 Å². The maximum atomic E-state index is 7.32. The molecule has 0 heterocycles. The van der Waals surface area contributed by atoms with E-state index in [1.807, 2.05) is 13.0 Å². The Bertz CT molecular complexity index is 376. The van der Waals surface area contributed by atoms with Crippen molar-refractivity contribution in [1.29, 1.82) is 5.26 Å². The van der Waals surface area contributed by atoms with E-state index in [9.17, 15) is 0 Å². The smallest absolute Gasteiger partial charge is 0.0587 e. The van der Waals surface area contributed by atoms with Crippen molar-refractivity contribution in [3.05, 3.63) is 47.7 Å². The van der Waals surface area contributed by atoms with Gasteiger partial charge in [0.2, 0.25) is 0 Å². The number of hydrogen-bond donors (Lipinski definition) is 2. The van der Waals surface area contributed by atoms with Gasteiger partial charge in [-0.1, -0.05) is 57.2 Å². The predicted molar refractivity (Wildman–Crippen MR) is 95.5 cm³/mol. The molecule has 0 aliphatic heterocycles. The molecular weight excluding hydrogens is 258 g/mol. The highest BCUT2D eigenvalue weighted by molar-refractivity contribution is 5.32. The molecule has 0 aliphatic carbocycles. The molecule has 0 aromatic heterocycles. The lowest BCUT2D eigenvalue weighted by Crippen LogP contribution is -2.01. The van der Waals surface area contributed by atoms with E-state index in [-0.39, 0.29) is 0 Å². The van der Waals surface area contributed by atoms with Gasteiger partial charge in [0.1, 0.15) is 0 Å². The summed E-state index contributed by atoms with van der Waals surface area (Å²) in [5.74, 6) is 0. The molecule has 0 aromatic carbocycles. The third kappa shape index (κ3) is 18.2. The van der Waals surface area contributed by atoms with Crippen LogP contribution in [0.1, 0.15) is 53.9 Å². The third-order valence-electron chi connectivity index (χ3n) is 2.77. The zero-order valence-corrected chi connectivity index (χ0v) is 14.5. The van der Waals surface area contributed by atoms with Crippen molar-refractivity contribution in [2.75, 3.05) is 6.54 Å². The van der Waals surface area contributed by atoms with Gasteiger partial charge >= 0.3 is 0 Å². The fraction of sp³-hybridized carbons (Fsp3) is 0.500. The largest absolute Gasteiger partial charge is 0.403 e. The average Bonchev–Trinajstić information content (AvgIpc) is 2.47. The van der Waals surface area contributed by atoms with Gasteiger partial charge in [0, 0.05) is 19.2 Å². The van der Waals surface area contributed by atoms with E-state index >= 15 is 0 Å². The molecule has 0 bridgehead atoms. The van der Waals surface area contributed by atoms with Crippen LogP contribution in [0.4, 0.5) is 0 Å². The highest BCUT2D eigenvalue weighted by Crippen LogP contribution is 2.14. The molecule has 0 fully saturated rings. The second kappa shape index (κ2) is 18.2. The minimum Gasteiger partial charge on any atom is -0.403 e. The summed E-state index contributed by atoms with van der Waals surface area (Å²) in [7, 11) is 0. The summed E-state index contributed by atoms with van der Waals surface area (Å²) in [5.41, 5.74) is 15.3. The highest BCUT2D eigenvalue weighted by Gasteiger charge is 1.96. The van der Waals surface area contributed by atoms with Gasteiger partial charge in [-0.3, -0.25) is 0 Å². The maximum Gasteiger partial charge on any atom is 0.0587 e. The SMILES string of the molecule is C=C(N)CC.C=C/C(=C\C(C)=C(CC)CC)CN.CC#N. The first-order valence-electron chi connectivity index (χ1n) is 7.33. The second-order valence-corrected chi connectivity index (χ2v) is 4.36. The predicted octanol–water partition coefficient (Wildman–Crippen LogP) is 4.59. The lowest BCUT2D eigenvalue weighted by Gasteiger charge is -2.05. The molecule has 0 atom stereocenters. The molecule has 0 unspecified atom stereocenters. The van der Waals surface area contributed by atoms with Crippen LogP contribution in [0.25, 0.3) is 0 Å². The standard InChI is InChI=1S/C12H21N.C4H9N.C2H3N/c1-5-11(9-13)8-10(4)12(6-2)7-3;1-3-4(2)5;1-2-3/h5,8H,1,6-7,9,13H2,2-4H3;2-3,5H2,1H3;1H3/b11-8+;;. The molecule has 120 valence electrons. The summed E-state index contributed by atoms with van der Waals surface area (Å²) in [6.07, 6.45) is 7.09. The van der Waals surface area contributed by atoms with Crippen LogP contribution in [0.3, 0.4) is 0 Å². The van der Waals surface area contributed by atoms with Gasteiger partial charge in [-0.05, 0) is 31.8 Å². The van der Waals surface area contributed by atoms with E-state index < -0.39 is 0 Å². The van der Waals surface area contributed by atoms with E-state index in [1.54, 1.807) is 6.07 Å². The van der Waals surface area contributed by atoms with Gasteiger partial charge in [-0.15, -0.1) is 0 Å². The Hall–Kier alpha value is -1.79. The molecule has 0 aliphatic rings. The Balaban J connectivity index is -0.000000335. The molecule has 0 saturated carbocycles. The molecule has 0 amide bonds.